The van der Waals surface area contributed by atoms with Crippen LogP contribution in [0.3, 0.4) is 0 Å². The summed E-state index contributed by atoms with van der Waals surface area (Å²) in [6.07, 6.45) is 2.11. The van der Waals surface area contributed by atoms with Crippen LogP contribution in [0.15, 0.2) is 255 Å². The third-order valence-electron chi connectivity index (χ3n) is 17.6. The number of nitrogens with one attached hydrogen (secondary N) is 2. The molecule has 0 heterocycles. The van der Waals surface area contributed by atoms with Gasteiger partial charge in [-0.15, -0.1) is 0 Å². The van der Waals surface area contributed by atoms with Crippen LogP contribution in [0, 0.1) is 5.41 Å². The van der Waals surface area contributed by atoms with E-state index in [1.165, 1.54) is 0 Å². The number of carbonyl (C=O) groups is 2. The fraction of sp³-hybridized carbons (Fsp3) is 0.195. The lowest BCUT2D eigenvalue weighted by Crippen LogP contribution is -2.59. The summed E-state index contributed by atoms with van der Waals surface area (Å²) in [6.45, 7) is 4.04. The Morgan fingerprint density at radius 3 is 0.831 bits per heavy atom. The summed E-state index contributed by atoms with van der Waals surface area (Å²) in [6, 6.07) is 84.1. The van der Waals surface area contributed by atoms with Gasteiger partial charge in [-0.3, -0.25) is 9.59 Å². The molecule has 4 N–H and O–H groups in total. The maximum Gasteiger partial charge on any atom is 0.236 e. The first-order chi connectivity index (χ1) is 40.6. The number of aliphatic hydroxyl groups is 2. The van der Waals surface area contributed by atoms with Gasteiger partial charge in [-0.25, -0.2) is 0 Å². The van der Waals surface area contributed by atoms with Crippen molar-refractivity contribution in [1.82, 2.24) is 10.6 Å². The van der Waals surface area contributed by atoms with Gasteiger partial charge < -0.3 is 20.8 Å². The van der Waals surface area contributed by atoms with Gasteiger partial charge in [-0.1, -0.05) is 281 Å². The molecule has 12 aromatic rings. The van der Waals surface area contributed by atoms with E-state index < -0.39 is 40.5 Å². The standard InChI is InChI=1S/C77H70N2O4/c1-3-47-75(48-4-2,73(80)78-71(69-45-21-33-57-27-9-15-43-67(57)69)76(82,49-59-35-17-29-53-23-5-11-39-63(53)59)50-60-36-18-30-54-24-6-12-40-64(54)60)74(81)79-72(70-46-22-34-58-28-10-16-44-68(58)70)77(83,51-61-37-19-31-55-25-7-13-41-65(55)61)52-62-38-20-32-56-26-8-14-42-66(56)62/h5-46,71-72,82-83H,3-4,47-52H2,1-2H3,(H,78,80)(H,79,81)/t71-,72-/m0/s1. The van der Waals surface area contributed by atoms with Gasteiger partial charge in [0, 0.05) is 25.7 Å². The Morgan fingerprint density at radius 2 is 0.554 bits per heavy atom. The number of hydrogen-bond acceptors (Lipinski definition) is 4. The normalized spacial score (nSPS) is 13.0. The van der Waals surface area contributed by atoms with Crippen LogP contribution in [-0.2, 0) is 35.3 Å². The first kappa shape index (κ1) is 54.6. The van der Waals surface area contributed by atoms with E-state index in [0.717, 1.165) is 98.0 Å². The average molecular weight is 1090 g/mol. The van der Waals surface area contributed by atoms with Gasteiger partial charge in [0.25, 0.3) is 0 Å². The van der Waals surface area contributed by atoms with Crippen LogP contribution in [0.1, 0.15) is 85.0 Å². The van der Waals surface area contributed by atoms with E-state index >= 15 is 9.59 Å². The van der Waals surface area contributed by atoms with Crippen molar-refractivity contribution in [2.75, 3.05) is 0 Å². The minimum absolute atomic E-state index is 0.172. The van der Waals surface area contributed by atoms with Crippen molar-refractivity contribution in [1.29, 1.82) is 0 Å². The van der Waals surface area contributed by atoms with E-state index in [4.69, 9.17) is 0 Å². The van der Waals surface area contributed by atoms with E-state index in [1.54, 1.807) is 0 Å². The van der Waals surface area contributed by atoms with Crippen LogP contribution in [0.5, 0.6) is 0 Å². The third-order valence-corrected chi connectivity index (χ3v) is 17.6. The van der Waals surface area contributed by atoms with Crippen molar-refractivity contribution < 1.29 is 19.8 Å². The molecule has 0 aromatic heterocycles. The minimum atomic E-state index is -1.68. The van der Waals surface area contributed by atoms with E-state index in [1.807, 2.05) is 135 Å². The highest BCUT2D eigenvalue weighted by atomic mass is 16.3. The molecule has 0 unspecified atom stereocenters. The molecule has 0 saturated heterocycles. The number of benzene rings is 12. The van der Waals surface area contributed by atoms with E-state index in [0.29, 0.717) is 12.8 Å². The van der Waals surface area contributed by atoms with Gasteiger partial charge in [0.1, 0.15) is 5.41 Å². The predicted molar refractivity (Wildman–Crippen MR) is 342 cm³/mol. The van der Waals surface area contributed by atoms with Gasteiger partial charge in [0.05, 0.1) is 23.3 Å². The fourth-order valence-corrected chi connectivity index (χ4v) is 13.7. The van der Waals surface area contributed by atoms with Crippen molar-refractivity contribution in [2.45, 2.75) is 88.5 Å². The number of hydrogen-bond donors (Lipinski definition) is 4. The Hall–Kier alpha value is -8.94. The monoisotopic (exact) mass is 1090 g/mol. The topological polar surface area (TPSA) is 98.7 Å². The molecule has 0 spiro atoms. The van der Waals surface area contributed by atoms with Gasteiger partial charge in [-0.05, 0) is 111 Å². The van der Waals surface area contributed by atoms with E-state index in [2.05, 4.69) is 144 Å². The lowest BCUT2D eigenvalue weighted by atomic mass is 9.73. The van der Waals surface area contributed by atoms with Crippen LogP contribution in [0.25, 0.3) is 64.6 Å². The third kappa shape index (κ3) is 10.8. The molecule has 6 heteroatoms. The van der Waals surface area contributed by atoms with Gasteiger partial charge in [-0.2, -0.15) is 0 Å². The minimum Gasteiger partial charge on any atom is -0.387 e. The molecule has 0 bridgehead atoms. The van der Waals surface area contributed by atoms with E-state index in [9.17, 15) is 10.2 Å². The molecule has 12 aromatic carbocycles. The molecule has 2 amide bonds. The number of carbonyl (C=O) groups excluding carboxylic acids is 2. The largest absolute Gasteiger partial charge is 0.387 e. The summed E-state index contributed by atoms with van der Waals surface area (Å²) in [5, 5.41) is 47.9. The summed E-state index contributed by atoms with van der Waals surface area (Å²) < 4.78 is 0. The molecule has 0 radical (unpaired) electrons. The first-order valence-electron chi connectivity index (χ1n) is 29.5. The highest BCUT2D eigenvalue weighted by Gasteiger charge is 2.51. The number of fused-ring (bicyclic) bond motifs is 6. The van der Waals surface area contributed by atoms with Crippen molar-refractivity contribution >= 4 is 76.4 Å². The van der Waals surface area contributed by atoms with Gasteiger partial charge in [0.2, 0.25) is 11.8 Å². The number of amides is 2. The zero-order valence-corrected chi connectivity index (χ0v) is 47.3. The summed E-state index contributed by atoms with van der Waals surface area (Å²) >= 11 is 0. The maximum absolute atomic E-state index is 16.7. The van der Waals surface area contributed by atoms with Crippen LogP contribution < -0.4 is 10.6 Å². The van der Waals surface area contributed by atoms with E-state index in [-0.39, 0.29) is 38.5 Å². The predicted octanol–water partition coefficient (Wildman–Crippen LogP) is 16.6. The molecule has 12 rings (SSSR count). The molecule has 0 fully saturated rings. The van der Waals surface area contributed by atoms with Crippen LogP contribution >= 0.6 is 0 Å². The van der Waals surface area contributed by atoms with Crippen LogP contribution in [-0.4, -0.2) is 33.2 Å². The summed E-state index contributed by atoms with van der Waals surface area (Å²) in [4.78, 5) is 33.4. The zero-order chi connectivity index (χ0) is 57.0. The molecule has 83 heavy (non-hydrogen) atoms. The highest BCUT2D eigenvalue weighted by Crippen LogP contribution is 2.44. The fourth-order valence-electron chi connectivity index (χ4n) is 13.7. The first-order valence-corrected chi connectivity index (χ1v) is 29.5. The van der Waals surface area contributed by atoms with Crippen LogP contribution in [0.4, 0.5) is 0 Å². The Kier molecular flexibility index (Phi) is 15.5. The van der Waals surface area contributed by atoms with Crippen molar-refractivity contribution in [3.63, 3.8) is 0 Å². The second kappa shape index (κ2) is 23.5. The van der Waals surface area contributed by atoms with Crippen molar-refractivity contribution in [2.24, 2.45) is 5.41 Å². The molecule has 0 aliphatic heterocycles. The number of rotatable bonds is 20. The Morgan fingerprint density at radius 1 is 0.325 bits per heavy atom. The molecular weight excluding hydrogens is 1020 g/mol. The SMILES string of the molecule is CCCC(CCC)(C(=O)N[C@@H](c1cccc2ccccc12)C(O)(Cc1cccc2ccccc12)Cc1cccc2ccccc12)C(=O)N[C@@H](c1cccc2ccccc12)C(O)(Cc1cccc2ccccc12)Cc1cccc2ccccc12. The molecular formula is C77H70N2O4. The maximum atomic E-state index is 16.7. The lowest BCUT2D eigenvalue weighted by molar-refractivity contribution is -0.149. The Bertz CT molecular complexity index is 3860. The lowest BCUT2D eigenvalue weighted by Gasteiger charge is -2.43. The van der Waals surface area contributed by atoms with Gasteiger partial charge in [0.15, 0.2) is 0 Å². The molecule has 0 saturated carbocycles. The molecule has 6 nitrogen and oxygen atoms in total. The molecule has 2 atom stereocenters. The Labute approximate surface area is 486 Å². The quantitative estimate of drug-likeness (QED) is 0.0572. The molecule has 0 aliphatic rings. The van der Waals surface area contributed by atoms with Gasteiger partial charge >= 0.3 is 0 Å². The smallest absolute Gasteiger partial charge is 0.236 e. The highest BCUT2D eigenvalue weighted by molar-refractivity contribution is 6.06. The zero-order valence-electron chi connectivity index (χ0n) is 47.3. The summed E-state index contributed by atoms with van der Waals surface area (Å²) in [5.74, 6) is -0.955. The second-order valence-electron chi connectivity index (χ2n) is 23.0. The van der Waals surface area contributed by atoms with Crippen molar-refractivity contribution in [3.05, 3.63) is 288 Å². The molecule has 0 aliphatic carbocycles. The average Bonchev–Trinajstić information content (AvgIpc) is 2.93. The van der Waals surface area contributed by atoms with Crippen LogP contribution in [0.2, 0.25) is 0 Å². The summed E-state index contributed by atoms with van der Waals surface area (Å²) in [5.41, 5.74) is 0.197. The Balaban J connectivity index is 1.03. The molecule has 412 valence electrons. The summed E-state index contributed by atoms with van der Waals surface area (Å²) in [7, 11) is 0. The van der Waals surface area contributed by atoms with Crippen molar-refractivity contribution in [3.8, 4) is 0 Å². The second-order valence-corrected chi connectivity index (χ2v) is 23.0.